The van der Waals surface area contributed by atoms with Gasteiger partial charge in [-0.3, -0.25) is 19.3 Å². The molecule has 300 valence electrons. The Morgan fingerprint density at radius 2 is 1.47 bits per heavy atom. The van der Waals surface area contributed by atoms with E-state index in [1.807, 2.05) is 108 Å². The molecular formula is C49H44N6O5. The van der Waals surface area contributed by atoms with Crippen molar-refractivity contribution in [3.63, 3.8) is 0 Å². The summed E-state index contributed by atoms with van der Waals surface area (Å²) in [6.45, 7) is 1.35. The van der Waals surface area contributed by atoms with Gasteiger partial charge in [0.2, 0.25) is 11.8 Å². The summed E-state index contributed by atoms with van der Waals surface area (Å²) in [5.41, 5.74) is 4.18. The van der Waals surface area contributed by atoms with Crippen molar-refractivity contribution in [3.8, 4) is 17.6 Å². The maximum Gasteiger partial charge on any atom is 0.324 e. The van der Waals surface area contributed by atoms with Gasteiger partial charge in [0.05, 0.1) is 23.5 Å². The van der Waals surface area contributed by atoms with E-state index in [2.05, 4.69) is 32.4 Å². The number of amides is 2. The topological polar surface area (TPSA) is 130 Å². The van der Waals surface area contributed by atoms with E-state index in [0.717, 1.165) is 54.3 Å². The number of morpholine rings is 1. The van der Waals surface area contributed by atoms with Gasteiger partial charge >= 0.3 is 5.97 Å². The van der Waals surface area contributed by atoms with Crippen molar-refractivity contribution in [3.05, 3.63) is 155 Å². The van der Waals surface area contributed by atoms with Crippen LogP contribution in [0.15, 0.2) is 127 Å². The van der Waals surface area contributed by atoms with Crippen LogP contribution in [0.3, 0.4) is 0 Å². The van der Waals surface area contributed by atoms with Crippen molar-refractivity contribution in [2.24, 2.45) is 5.92 Å². The molecule has 11 heteroatoms. The zero-order chi connectivity index (χ0) is 40.8. The Labute approximate surface area is 348 Å². The lowest BCUT2D eigenvalue weighted by molar-refractivity contribution is -0.179. The van der Waals surface area contributed by atoms with Gasteiger partial charge < -0.3 is 20.1 Å². The first kappa shape index (κ1) is 37.5. The number of benzene rings is 5. The summed E-state index contributed by atoms with van der Waals surface area (Å²) in [7, 11) is 0. The maximum atomic E-state index is 15.7. The first-order valence-corrected chi connectivity index (χ1v) is 20.8. The molecule has 3 fully saturated rings. The van der Waals surface area contributed by atoms with Crippen molar-refractivity contribution in [1.82, 2.24) is 24.8 Å². The molecule has 1 aromatic heterocycles. The molecule has 0 bridgehead atoms. The van der Waals surface area contributed by atoms with Gasteiger partial charge in [0.1, 0.15) is 35.4 Å². The third kappa shape index (κ3) is 6.21. The van der Waals surface area contributed by atoms with Crippen LogP contribution in [0.25, 0.3) is 11.0 Å². The average Bonchev–Trinajstić information content (AvgIpc) is 3.91. The van der Waals surface area contributed by atoms with Crippen LogP contribution in [0.1, 0.15) is 78.1 Å². The number of phenols is 1. The highest BCUT2D eigenvalue weighted by Gasteiger charge is 2.74. The van der Waals surface area contributed by atoms with Crippen LogP contribution < -0.4 is 5.32 Å². The number of cyclic esters (lactones) is 1. The third-order valence-electron chi connectivity index (χ3n) is 12.8. The molecular weight excluding hydrogens is 753 g/mol. The first-order valence-electron chi connectivity index (χ1n) is 20.8. The van der Waals surface area contributed by atoms with Crippen LogP contribution in [0.2, 0.25) is 0 Å². The molecule has 10 rings (SSSR count). The van der Waals surface area contributed by atoms with E-state index in [-0.39, 0.29) is 24.1 Å². The monoisotopic (exact) mass is 796 g/mol. The van der Waals surface area contributed by atoms with E-state index in [1.54, 1.807) is 28.9 Å². The van der Waals surface area contributed by atoms with Gasteiger partial charge in [0.15, 0.2) is 0 Å². The van der Waals surface area contributed by atoms with Crippen molar-refractivity contribution in [2.75, 3.05) is 18.4 Å². The molecule has 0 aliphatic carbocycles. The number of rotatable bonds is 5. The fraction of sp³-hybridized carbons (Fsp3) is 0.286. The lowest BCUT2D eigenvalue weighted by Crippen LogP contribution is -2.55. The van der Waals surface area contributed by atoms with Crippen molar-refractivity contribution in [1.29, 1.82) is 0 Å². The second kappa shape index (κ2) is 15.4. The number of para-hydroxylation sites is 1. The molecule has 5 heterocycles. The summed E-state index contributed by atoms with van der Waals surface area (Å²) in [4.78, 5) is 50.3. The van der Waals surface area contributed by atoms with Gasteiger partial charge in [-0.2, -0.15) is 0 Å². The minimum atomic E-state index is -1.62. The second-order valence-corrected chi connectivity index (χ2v) is 16.2. The van der Waals surface area contributed by atoms with Gasteiger partial charge in [-0.25, -0.2) is 4.68 Å². The predicted octanol–water partition coefficient (Wildman–Crippen LogP) is 7.25. The zero-order valence-electron chi connectivity index (χ0n) is 33.0. The summed E-state index contributed by atoms with van der Waals surface area (Å²) in [6.07, 6.45) is 4.00. The van der Waals surface area contributed by atoms with E-state index in [1.165, 1.54) is 0 Å². The summed E-state index contributed by atoms with van der Waals surface area (Å²) >= 11 is 0. The van der Waals surface area contributed by atoms with Gasteiger partial charge in [0, 0.05) is 24.3 Å². The molecule has 6 atom stereocenters. The molecule has 4 aliphatic rings. The Bertz CT molecular complexity index is 2650. The van der Waals surface area contributed by atoms with E-state index >= 15 is 14.4 Å². The fourth-order valence-electron chi connectivity index (χ4n) is 10.2. The number of fused-ring (bicyclic) bond motifs is 4. The number of nitrogens with zero attached hydrogens (tertiary/aromatic N) is 5. The highest BCUT2D eigenvalue weighted by molar-refractivity contribution is 6.12. The summed E-state index contributed by atoms with van der Waals surface area (Å²) in [5.74, 6) is 4.28. The molecule has 11 nitrogen and oxygen atoms in total. The lowest BCUT2D eigenvalue weighted by atomic mass is 9.65. The number of hydrogen-bond acceptors (Lipinski definition) is 8. The standard InChI is InChI=1S/C49H44N6O5/c56-36-25-23-35(24-26-36)45-49(37-31-32(22-27-38(37)50-48(49)59)15-14-30-54-40-21-11-10-20-39(40)51-52-54)41(46(57)53-28-12-2-1-3-13-29-53)43-47(58)60-44(34-18-8-5-9-19-34)42(55(43)45)33-16-6-4-7-17-33/h4-11,16-27,31,41-45,56H,1-3,12-13,28-30H2,(H,50,59)/t41-,42-,43-,44+,45+,49-/m0/s1. The number of phenolic OH excluding ortho intramolecular Hbond substituents is 1. The number of anilines is 1. The molecule has 4 aliphatic heterocycles. The number of nitrogens with one attached hydrogen (secondary N) is 1. The van der Waals surface area contributed by atoms with Crippen LogP contribution in [0.5, 0.6) is 5.75 Å². The van der Waals surface area contributed by atoms with Crippen LogP contribution >= 0.6 is 0 Å². The Balaban J connectivity index is 1.20. The predicted molar refractivity (Wildman–Crippen MR) is 225 cm³/mol. The highest BCUT2D eigenvalue weighted by Crippen LogP contribution is 2.65. The minimum Gasteiger partial charge on any atom is -0.508 e. The van der Waals surface area contributed by atoms with Crippen molar-refractivity contribution >= 4 is 34.5 Å². The molecule has 0 saturated carbocycles. The number of ether oxygens (including phenoxy) is 1. The number of carbonyl (C=O) groups excluding carboxylic acids is 3. The number of hydrogen-bond donors (Lipinski definition) is 2. The van der Waals surface area contributed by atoms with E-state index < -0.39 is 41.5 Å². The summed E-state index contributed by atoms with van der Waals surface area (Å²) in [6, 6.07) is 37.1. The van der Waals surface area contributed by atoms with E-state index in [4.69, 9.17) is 4.74 Å². The zero-order valence-corrected chi connectivity index (χ0v) is 33.0. The number of likely N-dealkylation sites (tertiary alicyclic amines) is 1. The Morgan fingerprint density at radius 1 is 0.783 bits per heavy atom. The normalized spacial score (nSPS) is 25.1. The smallest absolute Gasteiger partial charge is 0.324 e. The van der Waals surface area contributed by atoms with Crippen LogP contribution in [-0.4, -0.2) is 66.8 Å². The van der Waals surface area contributed by atoms with E-state index in [0.29, 0.717) is 35.5 Å². The quantitative estimate of drug-likeness (QED) is 0.138. The molecule has 6 aromatic rings. The van der Waals surface area contributed by atoms with E-state index in [9.17, 15) is 5.11 Å². The molecule has 1 spiro atoms. The van der Waals surface area contributed by atoms with Gasteiger partial charge in [0.25, 0.3) is 0 Å². The maximum absolute atomic E-state index is 15.7. The Morgan fingerprint density at radius 3 is 2.22 bits per heavy atom. The largest absolute Gasteiger partial charge is 0.508 e. The molecule has 60 heavy (non-hydrogen) atoms. The van der Waals surface area contributed by atoms with Crippen LogP contribution in [0.4, 0.5) is 5.69 Å². The Kier molecular flexibility index (Phi) is 9.65. The number of aromatic nitrogens is 3. The summed E-state index contributed by atoms with van der Waals surface area (Å²) in [5, 5.41) is 22.4. The van der Waals surface area contributed by atoms with Gasteiger partial charge in [-0.05, 0) is 77.6 Å². The molecule has 2 amide bonds. The molecule has 2 N–H and O–H groups in total. The van der Waals surface area contributed by atoms with Crippen molar-refractivity contribution < 1.29 is 24.2 Å². The molecule has 0 radical (unpaired) electrons. The van der Waals surface area contributed by atoms with Crippen LogP contribution in [0, 0.1) is 17.8 Å². The molecule has 3 saturated heterocycles. The Hall–Kier alpha value is -6.77. The number of carbonyl (C=O) groups is 3. The average molecular weight is 797 g/mol. The minimum absolute atomic E-state index is 0.0597. The highest BCUT2D eigenvalue weighted by atomic mass is 16.6. The van der Waals surface area contributed by atoms with Gasteiger partial charge in [-0.15, -0.1) is 5.10 Å². The summed E-state index contributed by atoms with van der Waals surface area (Å²) < 4.78 is 8.32. The molecule has 0 unspecified atom stereocenters. The molecule has 5 aromatic carbocycles. The number of aromatic hydroxyl groups is 1. The number of esters is 1. The second-order valence-electron chi connectivity index (χ2n) is 16.2. The van der Waals surface area contributed by atoms with Crippen LogP contribution in [-0.2, 0) is 31.1 Å². The lowest BCUT2D eigenvalue weighted by Gasteiger charge is -2.46. The SMILES string of the molecule is O=C1O[C@H](c2ccccc2)[C@H](c2ccccc2)N2[C@H]1[C@@H](C(=O)N1CCCCCCC1)[C@]1(C(=O)Nc3ccc(C#CCn4nnc5ccccc54)cc31)[C@H]2c1ccc(O)cc1. The fourth-order valence-corrected chi connectivity index (χ4v) is 10.2. The van der Waals surface area contributed by atoms with Gasteiger partial charge in [-0.1, -0.05) is 121 Å². The van der Waals surface area contributed by atoms with Crippen molar-refractivity contribution in [2.45, 2.75) is 68.3 Å². The first-order chi connectivity index (χ1) is 29.4. The third-order valence-corrected chi connectivity index (χ3v) is 12.8.